The lowest BCUT2D eigenvalue weighted by Crippen LogP contribution is -2.12. The number of hydrogen-bond donors (Lipinski definition) is 1. The summed E-state index contributed by atoms with van der Waals surface area (Å²) >= 11 is 0. The average molecular weight is 335 g/mol. The molecule has 0 saturated heterocycles. The molecule has 0 unspecified atom stereocenters. The minimum atomic E-state index is -3.62. The lowest BCUT2D eigenvalue weighted by Gasteiger charge is -2.10. The number of nitrogens with one attached hydrogen (secondary N) is 1. The van der Waals surface area contributed by atoms with Gasteiger partial charge in [-0.05, 0) is 61.9 Å². The first kappa shape index (κ1) is 17.1. The van der Waals surface area contributed by atoms with Crippen LogP contribution in [0.3, 0.4) is 0 Å². The smallest absolute Gasteiger partial charge is 0.261 e. The second-order valence-corrected chi connectivity index (χ2v) is 6.57. The second kappa shape index (κ2) is 7.87. The first-order chi connectivity index (χ1) is 11.0. The maximum absolute atomic E-state index is 12.4. The van der Waals surface area contributed by atoms with E-state index in [9.17, 15) is 8.42 Å². The summed E-state index contributed by atoms with van der Waals surface area (Å²) in [6, 6.07) is 13.2. The molecule has 0 heterocycles. The zero-order valence-electron chi connectivity index (χ0n) is 13.3. The van der Waals surface area contributed by atoms with Crippen molar-refractivity contribution in [1.82, 2.24) is 0 Å². The molecule has 2 rings (SSSR count). The van der Waals surface area contributed by atoms with Gasteiger partial charge in [0.25, 0.3) is 10.0 Å². The van der Waals surface area contributed by atoms with Crippen LogP contribution in [-0.4, -0.2) is 21.6 Å². The van der Waals surface area contributed by atoms with Crippen molar-refractivity contribution in [3.63, 3.8) is 0 Å². The Morgan fingerprint density at radius 2 is 1.43 bits per heavy atom. The van der Waals surface area contributed by atoms with Crippen LogP contribution >= 0.6 is 0 Å². The molecule has 1 N–H and O–H groups in total. The van der Waals surface area contributed by atoms with E-state index in [1.165, 1.54) is 12.1 Å². The first-order valence-corrected chi connectivity index (χ1v) is 9.02. The lowest BCUT2D eigenvalue weighted by molar-refractivity contribution is 0.317. The number of sulfonamides is 1. The molecule has 0 aromatic heterocycles. The zero-order valence-corrected chi connectivity index (χ0v) is 14.1. The van der Waals surface area contributed by atoms with Crippen LogP contribution in [0.2, 0.25) is 0 Å². The van der Waals surface area contributed by atoms with Crippen LogP contribution in [0.5, 0.6) is 11.5 Å². The predicted molar refractivity (Wildman–Crippen MR) is 90.6 cm³/mol. The molecule has 5 nitrogen and oxygen atoms in total. The monoisotopic (exact) mass is 335 g/mol. The fourth-order valence-electron chi connectivity index (χ4n) is 1.93. The van der Waals surface area contributed by atoms with E-state index in [-0.39, 0.29) is 4.90 Å². The summed E-state index contributed by atoms with van der Waals surface area (Å²) in [7, 11) is -3.62. The normalized spacial score (nSPS) is 11.0. The fraction of sp³-hybridized carbons (Fsp3) is 0.294. The number of anilines is 1. The van der Waals surface area contributed by atoms with E-state index >= 15 is 0 Å². The van der Waals surface area contributed by atoms with Crippen molar-refractivity contribution in [2.45, 2.75) is 25.2 Å². The third-order valence-electron chi connectivity index (χ3n) is 3.02. The highest BCUT2D eigenvalue weighted by molar-refractivity contribution is 7.92. The molecule has 0 amide bonds. The first-order valence-electron chi connectivity index (χ1n) is 7.53. The van der Waals surface area contributed by atoms with Gasteiger partial charge in [0.1, 0.15) is 11.5 Å². The molecule has 0 saturated carbocycles. The molecule has 0 radical (unpaired) electrons. The minimum Gasteiger partial charge on any atom is -0.494 e. The van der Waals surface area contributed by atoms with Gasteiger partial charge in [0, 0.05) is 5.69 Å². The van der Waals surface area contributed by atoms with Gasteiger partial charge in [-0.3, -0.25) is 4.72 Å². The fourth-order valence-corrected chi connectivity index (χ4v) is 2.99. The van der Waals surface area contributed by atoms with Gasteiger partial charge in [-0.25, -0.2) is 8.42 Å². The van der Waals surface area contributed by atoms with Crippen LogP contribution in [0.4, 0.5) is 5.69 Å². The summed E-state index contributed by atoms with van der Waals surface area (Å²) in [5.74, 6) is 1.36. The molecule has 124 valence electrons. The van der Waals surface area contributed by atoms with Crippen LogP contribution in [0, 0.1) is 0 Å². The minimum absolute atomic E-state index is 0.190. The van der Waals surface area contributed by atoms with E-state index in [1.54, 1.807) is 36.4 Å². The highest BCUT2D eigenvalue weighted by Crippen LogP contribution is 2.21. The second-order valence-electron chi connectivity index (χ2n) is 4.88. The van der Waals surface area contributed by atoms with Gasteiger partial charge < -0.3 is 9.47 Å². The quantitative estimate of drug-likeness (QED) is 0.799. The molecule has 0 fully saturated rings. The SMILES string of the molecule is CCCOc1ccc(S(=O)(=O)Nc2ccc(OCC)cc2)cc1. The number of ether oxygens (including phenoxy) is 2. The number of rotatable bonds is 8. The summed E-state index contributed by atoms with van der Waals surface area (Å²) < 4.78 is 38.0. The Kier molecular flexibility index (Phi) is 5.87. The molecule has 0 aliphatic carbocycles. The van der Waals surface area contributed by atoms with Gasteiger partial charge in [0.05, 0.1) is 18.1 Å². The van der Waals surface area contributed by atoms with Crippen molar-refractivity contribution in [3.05, 3.63) is 48.5 Å². The molecular formula is C17H21NO4S. The largest absolute Gasteiger partial charge is 0.494 e. The van der Waals surface area contributed by atoms with Gasteiger partial charge >= 0.3 is 0 Å². The topological polar surface area (TPSA) is 64.6 Å². The Labute approximate surface area is 137 Å². The van der Waals surface area contributed by atoms with Crippen molar-refractivity contribution in [2.24, 2.45) is 0 Å². The van der Waals surface area contributed by atoms with E-state index in [0.717, 1.165) is 6.42 Å². The molecule has 0 bridgehead atoms. The molecule has 0 aliphatic heterocycles. The van der Waals surface area contributed by atoms with E-state index in [0.29, 0.717) is 30.4 Å². The van der Waals surface area contributed by atoms with Gasteiger partial charge in [-0.1, -0.05) is 6.92 Å². The third-order valence-corrected chi connectivity index (χ3v) is 4.42. The molecule has 0 atom stereocenters. The van der Waals surface area contributed by atoms with Crippen LogP contribution in [0.1, 0.15) is 20.3 Å². The summed E-state index contributed by atoms with van der Waals surface area (Å²) in [5.41, 5.74) is 0.486. The summed E-state index contributed by atoms with van der Waals surface area (Å²) in [4.78, 5) is 0.190. The van der Waals surface area contributed by atoms with Gasteiger partial charge in [-0.15, -0.1) is 0 Å². The van der Waals surface area contributed by atoms with Crippen LogP contribution in [-0.2, 0) is 10.0 Å². The number of hydrogen-bond acceptors (Lipinski definition) is 4. The zero-order chi connectivity index (χ0) is 16.7. The van der Waals surface area contributed by atoms with Gasteiger partial charge in [0.2, 0.25) is 0 Å². The van der Waals surface area contributed by atoms with Gasteiger partial charge in [-0.2, -0.15) is 0 Å². The highest BCUT2D eigenvalue weighted by atomic mass is 32.2. The molecule has 2 aromatic carbocycles. The Morgan fingerprint density at radius 1 is 0.870 bits per heavy atom. The van der Waals surface area contributed by atoms with Crippen molar-refractivity contribution in [2.75, 3.05) is 17.9 Å². The molecule has 6 heteroatoms. The molecule has 2 aromatic rings. The van der Waals surface area contributed by atoms with Crippen molar-refractivity contribution in [3.8, 4) is 11.5 Å². The van der Waals surface area contributed by atoms with Crippen molar-refractivity contribution < 1.29 is 17.9 Å². The molecule has 23 heavy (non-hydrogen) atoms. The van der Waals surface area contributed by atoms with E-state index in [2.05, 4.69) is 4.72 Å². The maximum Gasteiger partial charge on any atom is 0.261 e. The van der Waals surface area contributed by atoms with Crippen LogP contribution < -0.4 is 14.2 Å². The molecular weight excluding hydrogens is 314 g/mol. The summed E-state index contributed by atoms with van der Waals surface area (Å²) in [6.07, 6.45) is 0.902. The van der Waals surface area contributed by atoms with Crippen molar-refractivity contribution >= 4 is 15.7 Å². The van der Waals surface area contributed by atoms with E-state index in [4.69, 9.17) is 9.47 Å². The Balaban J connectivity index is 2.08. The van der Waals surface area contributed by atoms with Gasteiger partial charge in [0.15, 0.2) is 0 Å². The summed E-state index contributed by atoms with van der Waals surface area (Å²) in [5, 5.41) is 0. The average Bonchev–Trinajstić information content (AvgIpc) is 2.55. The Morgan fingerprint density at radius 3 is 2.00 bits per heavy atom. The predicted octanol–water partition coefficient (Wildman–Crippen LogP) is 3.67. The van der Waals surface area contributed by atoms with E-state index in [1.807, 2.05) is 13.8 Å². The maximum atomic E-state index is 12.4. The standard InChI is InChI=1S/C17H21NO4S/c1-3-13-22-16-9-11-17(12-10-16)23(19,20)18-14-5-7-15(8-6-14)21-4-2/h5-12,18H,3-4,13H2,1-2H3. The van der Waals surface area contributed by atoms with Crippen molar-refractivity contribution in [1.29, 1.82) is 0 Å². The lowest BCUT2D eigenvalue weighted by atomic mass is 10.3. The highest BCUT2D eigenvalue weighted by Gasteiger charge is 2.14. The molecule has 0 spiro atoms. The van der Waals surface area contributed by atoms with Crippen LogP contribution in [0.15, 0.2) is 53.4 Å². The Bertz CT molecular complexity index is 709. The number of benzene rings is 2. The van der Waals surface area contributed by atoms with Crippen LogP contribution in [0.25, 0.3) is 0 Å². The summed E-state index contributed by atoms with van der Waals surface area (Å²) in [6.45, 7) is 5.08. The van der Waals surface area contributed by atoms with E-state index < -0.39 is 10.0 Å². The third kappa shape index (κ3) is 4.89. The molecule has 0 aliphatic rings. The Hall–Kier alpha value is -2.21.